The van der Waals surface area contributed by atoms with Crippen LogP contribution in [-0.4, -0.2) is 30.5 Å². The van der Waals surface area contributed by atoms with E-state index >= 15 is 0 Å². The largest absolute Gasteiger partial charge is 0.292 e. The third-order valence-electron chi connectivity index (χ3n) is 3.12. The van der Waals surface area contributed by atoms with Crippen molar-refractivity contribution in [3.63, 3.8) is 0 Å². The third kappa shape index (κ3) is 4.26. The van der Waals surface area contributed by atoms with Gasteiger partial charge in [0.15, 0.2) is 0 Å². The summed E-state index contributed by atoms with van der Waals surface area (Å²) in [4.78, 5) is 16.0. The molecule has 1 N–H and O–H groups in total. The van der Waals surface area contributed by atoms with Crippen molar-refractivity contribution in [3.8, 4) is 0 Å². The van der Waals surface area contributed by atoms with E-state index in [0.29, 0.717) is 6.54 Å². The SMILES string of the molecule is Cc1cccc(Cn2cnc(NC(=O)Cn3cc(Br)cn3)n2)c1. The summed E-state index contributed by atoms with van der Waals surface area (Å²) in [6, 6.07) is 8.18. The van der Waals surface area contributed by atoms with Crippen LogP contribution in [0.25, 0.3) is 0 Å². The van der Waals surface area contributed by atoms with Crippen LogP contribution in [-0.2, 0) is 17.9 Å². The van der Waals surface area contributed by atoms with E-state index in [0.717, 1.165) is 10.0 Å². The number of benzene rings is 1. The van der Waals surface area contributed by atoms with Crippen LogP contribution >= 0.6 is 15.9 Å². The summed E-state index contributed by atoms with van der Waals surface area (Å²) in [5.74, 6) is 0.0581. The van der Waals surface area contributed by atoms with Gasteiger partial charge in [0.05, 0.1) is 17.2 Å². The number of hydrogen-bond acceptors (Lipinski definition) is 4. The van der Waals surface area contributed by atoms with E-state index in [1.54, 1.807) is 23.4 Å². The van der Waals surface area contributed by atoms with Crippen LogP contribution < -0.4 is 5.32 Å². The van der Waals surface area contributed by atoms with Gasteiger partial charge >= 0.3 is 0 Å². The lowest BCUT2D eigenvalue weighted by atomic mass is 10.1. The first kappa shape index (κ1) is 15.4. The number of carbonyl (C=O) groups excluding carboxylic acids is 1. The second-order valence-corrected chi connectivity index (χ2v) is 6.07. The average molecular weight is 375 g/mol. The highest BCUT2D eigenvalue weighted by Gasteiger charge is 2.08. The summed E-state index contributed by atoms with van der Waals surface area (Å²) >= 11 is 3.29. The van der Waals surface area contributed by atoms with E-state index in [4.69, 9.17) is 0 Å². The number of halogens is 1. The predicted molar refractivity (Wildman–Crippen MR) is 88.9 cm³/mol. The van der Waals surface area contributed by atoms with Crippen molar-refractivity contribution < 1.29 is 4.79 Å². The lowest BCUT2D eigenvalue weighted by Gasteiger charge is -2.03. The first-order valence-electron chi connectivity index (χ1n) is 7.01. The molecule has 0 radical (unpaired) electrons. The van der Waals surface area contributed by atoms with Crippen LogP contribution in [0.15, 0.2) is 47.5 Å². The average Bonchev–Trinajstić information content (AvgIpc) is 3.08. The first-order valence-corrected chi connectivity index (χ1v) is 7.80. The molecule has 0 bridgehead atoms. The fourth-order valence-electron chi connectivity index (χ4n) is 2.16. The van der Waals surface area contributed by atoms with E-state index in [-0.39, 0.29) is 18.4 Å². The van der Waals surface area contributed by atoms with Gasteiger partial charge in [0.1, 0.15) is 12.9 Å². The van der Waals surface area contributed by atoms with Gasteiger partial charge in [0.25, 0.3) is 0 Å². The number of rotatable bonds is 5. The zero-order chi connectivity index (χ0) is 16.2. The number of hydrogen-bond donors (Lipinski definition) is 1. The molecule has 2 aromatic heterocycles. The first-order chi connectivity index (χ1) is 11.1. The number of nitrogens with one attached hydrogen (secondary N) is 1. The van der Waals surface area contributed by atoms with E-state index in [1.165, 1.54) is 10.2 Å². The molecule has 1 amide bonds. The summed E-state index contributed by atoms with van der Waals surface area (Å²) < 4.78 is 4.05. The molecular weight excluding hydrogens is 360 g/mol. The number of carbonyl (C=O) groups is 1. The zero-order valence-electron chi connectivity index (χ0n) is 12.5. The van der Waals surface area contributed by atoms with E-state index in [1.807, 2.05) is 25.1 Å². The maximum absolute atomic E-state index is 11.9. The Morgan fingerprint density at radius 2 is 2.22 bits per heavy atom. The van der Waals surface area contributed by atoms with Gasteiger partial charge < -0.3 is 0 Å². The Morgan fingerprint density at radius 1 is 1.35 bits per heavy atom. The Bertz CT molecular complexity index is 825. The number of aryl methyl sites for hydroxylation is 1. The van der Waals surface area contributed by atoms with E-state index in [2.05, 4.69) is 42.5 Å². The maximum Gasteiger partial charge on any atom is 0.248 e. The minimum absolute atomic E-state index is 0.109. The number of amides is 1. The van der Waals surface area contributed by atoms with Crippen molar-refractivity contribution in [3.05, 3.63) is 58.6 Å². The van der Waals surface area contributed by atoms with Gasteiger partial charge in [-0.1, -0.05) is 29.8 Å². The molecule has 0 saturated heterocycles. The Balaban J connectivity index is 1.59. The quantitative estimate of drug-likeness (QED) is 0.742. The van der Waals surface area contributed by atoms with Crippen molar-refractivity contribution in [2.75, 3.05) is 5.32 Å². The summed E-state index contributed by atoms with van der Waals surface area (Å²) in [5.41, 5.74) is 2.33. The van der Waals surface area contributed by atoms with Gasteiger partial charge in [-0.25, -0.2) is 9.67 Å². The minimum atomic E-state index is -0.228. The topological polar surface area (TPSA) is 77.6 Å². The van der Waals surface area contributed by atoms with E-state index < -0.39 is 0 Å². The highest BCUT2D eigenvalue weighted by Crippen LogP contribution is 2.08. The van der Waals surface area contributed by atoms with Crippen molar-refractivity contribution in [2.24, 2.45) is 0 Å². The second-order valence-electron chi connectivity index (χ2n) is 5.16. The fourth-order valence-corrected chi connectivity index (χ4v) is 2.49. The van der Waals surface area contributed by atoms with Crippen LogP contribution in [0, 0.1) is 6.92 Å². The van der Waals surface area contributed by atoms with Gasteiger partial charge in [0.2, 0.25) is 11.9 Å². The lowest BCUT2D eigenvalue weighted by Crippen LogP contribution is -2.19. The summed E-state index contributed by atoms with van der Waals surface area (Å²) in [6.07, 6.45) is 4.95. The van der Waals surface area contributed by atoms with Gasteiger partial charge in [-0.2, -0.15) is 5.10 Å². The number of anilines is 1. The molecule has 118 valence electrons. The molecule has 0 aliphatic heterocycles. The van der Waals surface area contributed by atoms with Gasteiger partial charge in [-0.05, 0) is 28.4 Å². The highest BCUT2D eigenvalue weighted by molar-refractivity contribution is 9.10. The molecule has 2 heterocycles. The molecule has 8 heteroatoms. The molecule has 0 spiro atoms. The molecule has 0 saturated carbocycles. The van der Waals surface area contributed by atoms with Crippen molar-refractivity contribution in [2.45, 2.75) is 20.0 Å². The number of aromatic nitrogens is 5. The predicted octanol–water partition coefficient (Wildman–Crippen LogP) is 2.23. The van der Waals surface area contributed by atoms with Crippen LogP contribution in [0.4, 0.5) is 5.95 Å². The monoisotopic (exact) mass is 374 g/mol. The van der Waals surface area contributed by atoms with Gasteiger partial charge in [-0.3, -0.25) is 14.8 Å². The maximum atomic E-state index is 11.9. The van der Waals surface area contributed by atoms with Crippen LogP contribution in [0.2, 0.25) is 0 Å². The molecule has 1 aromatic carbocycles. The van der Waals surface area contributed by atoms with Crippen LogP contribution in [0.1, 0.15) is 11.1 Å². The molecule has 3 rings (SSSR count). The molecule has 0 unspecified atom stereocenters. The molecule has 7 nitrogen and oxygen atoms in total. The van der Waals surface area contributed by atoms with Crippen LogP contribution in [0.5, 0.6) is 0 Å². The van der Waals surface area contributed by atoms with Gasteiger partial charge in [-0.15, -0.1) is 5.10 Å². The van der Waals surface area contributed by atoms with Gasteiger partial charge in [0, 0.05) is 6.20 Å². The van der Waals surface area contributed by atoms with E-state index in [9.17, 15) is 4.79 Å². The molecule has 23 heavy (non-hydrogen) atoms. The Morgan fingerprint density at radius 3 is 2.96 bits per heavy atom. The second kappa shape index (κ2) is 6.74. The Labute approximate surface area is 141 Å². The molecule has 3 aromatic rings. The molecule has 0 fully saturated rings. The fraction of sp³-hybridized carbons (Fsp3) is 0.200. The summed E-state index contributed by atoms with van der Waals surface area (Å²) in [6.45, 7) is 2.76. The standard InChI is InChI=1S/C15H15BrN6O/c1-11-3-2-4-12(5-11)7-22-10-17-15(20-22)19-14(23)9-21-8-13(16)6-18-21/h2-6,8,10H,7,9H2,1H3,(H,19,20,23). The molecule has 0 aliphatic rings. The normalized spacial score (nSPS) is 10.7. The Hall–Kier alpha value is -2.48. The third-order valence-corrected chi connectivity index (χ3v) is 3.53. The molecule has 0 atom stereocenters. The number of nitrogens with zero attached hydrogens (tertiary/aromatic N) is 5. The molecular formula is C15H15BrN6O. The highest BCUT2D eigenvalue weighted by atomic mass is 79.9. The lowest BCUT2D eigenvalue weighted by molar-refractivity contribution is -0.116. The zero-order valence-corrected chi connectivity index (χ0v) is 14.1. The van der Waals surface area contributed by atoms with Crippen molar-refractivity contribution in [1.29, 1.82) is 0 Å². The smallest absolute Gasteiger partial charge is 0.248 e. The van der Waals surface area contributed by atoms with Crippen LogP contribution in [0.3, 0.4) is 0 Å². The van der Waals surface area contributed by atoms with Crippen molar-refractivity contribution >= 4 is 27.8 Å². The Kier molecular flexibility index (Phi) is 4.52. The summed E-state index contributed by atoms with van der Waals surface area (Å²) in [5, 5.41) is 10.9. The summed E-state index contributed by atoms with van der Waals surface area (Å²) in [7, 11) is 0. The van der Waals surface area contributed by atoms with Crippen molar-refractivity contribution in [1.82, 2.24) is 24.5 Å². The minimum Gasteiger partial charge on any atom is -0.292 e. The molecule has 0 aliphatic carbocycles.